The van der Waals surface area contributed by atoms with E-state index in [1.54, 1.807) is 70.8 Å². The van der Waals surface area contributed by atoms with Crippen LogP contribution in [0.4, 0.5) is 0 Å². The molecule has 21 heteroatoms. The monoisotopic (exact) mass is 1010 g/mol. The van der Waals surface area contributed by atoms with Crippen LogP contribution in [0.5, 0.6) is 0 Å². The van der Waals surface area contributed by atoms with Crippen LogP contribution in [-0.2, 0) is 49.3 Å². The van der Waals surface area contributed by atoms with E-state index in [1.165, 1.54) is 38.0 Å². The zero-order valence-corrected chi connectivity index (χ0v) is 43.5. The summed E-state index contributed by atoms with van der Waals surface area (Å²) in [6, 6.07) is 4.61. The maximum atomic E-state index is 14.7. The first-order chi connectivity index (χ1) is 33.4. The lowest BCUT2D eigenvalue weighted by Gasteiger charge is -2.41. The fraction of sp³-hybridized carbons (Fsp3) is 0.740. The van der Waals surface area contributed by atoms with Gasteiger partial charge in [-0.05, 0) is 50.1 Å². The summed E-state index contributed by atoms with van der Waals surface area (Å²) in [6.07, 6.45) is -9.62. The Morgan fingerprint density at radius 2 is 1.54 bits per heavy atom. The number of likely N-dealkylation sites (N-methyl/N-ethyl adjacent to an activating group) is 2. The highest BCUT2D eigenvalue weighted by molar-refractivity contribution is 5.90. The second kappa shape index (κ2) is 28.1. The first-order valence-corrected chi connectivity index (χ1v) is 24.6. The lowest BCUT2D eigenvalue weighted by atomic mass is 9.89. The Kier molecular flexibility index (Phi) is 24.1. The van der Waals surface area contributed by atoms with E-state index in [-0.39, 0.29) is 42.7 Å². The first kappa shape index (κ1) is 60.9. The summed E-state index contributed by atoms with van der Waals surface area (Å²) in [7, 11) is 6.07. The molecule has 2 heterocycles. The molecule has 0 bridgehead atoms. The number of hydrogen-bond acceptors (Lipinski definition) is 16. The van der Waals surface area contributed by atoms with Gasteiger partial charge in [0.1, 0.15) is 36.2 Å². The Morgan fingerprint density at radius 3 is 2.04 bits per heavy atom. The lowest BCUT2D eigenvalue weighted by molar-refractivity contribution is -0.291. The van der Waals surface area contributed by atoms with Gasteiger partial charge >= 0.3 is 5.97 Å². The van der Waals surface area contributed by atoms with E-state index in [4.69, 9.17) is 18.9 Å². The minimum atomic E-state index is -1.86. The number of nitrogens with zero attached hydrogens (tertiary/aromatic N) is 3. The molecule has 3 rings (SSSR count). The van der Waals surface area contributed by atoms with Crippen LogP contribution in [-0.4, -0.2) is 207 Å². The number of carboxylic acids is 1. The van der Waals surface area contributed by atoms with Crippen molar-refractivity contribution in [2.45, 2.75) is 167 Å². The SMILES string of the molecule is CCC(C)C(C(CC(=O)N1CCCC1C(OC)C(C)C(=O)NC(Cc1ccccc1)C(=O)O)OC)N(C)C(=O)C(NC(=O)C(C(C)C)N(C)CC(O)C(O)C(OC1O/C(=C(\C)O)C1O)C(O)CO)C(C)C. The van der Waals surface area contributed by atoms with Crippen LogP contribution in [0.2, 0.25) is 0 Å². The van der Waals surface area contributed by atoms with Crippen LogP contribution in [0.15, 0.2) is 41.9 Å². The van der Waals surface area contributed by atoms with Crippen molar-refractivity contribution in [2.24, 2.45) is 23.7 Å². The molecule has 2 saturated heterocycles. The van der Waals surface area contributed by atoms with Crippen LogP contribution in [0.1, 0.15) is 86.6 Å². The van der Waals surface area contributed by atoms with E-state index in [0.717, 1.165) is 5.56 Å². The predicted molar refractivity (Wildman–Crippen MR) is 260 cm³/mol. The van der Waals surface area contributed by atoms with Gasteiger partial charge in [0, 0.05) is 40.8 Å². The van der Waals surface area contributed by atoms with Gasteiger partial charge < -0.3 is 75.1 Å². The third-order valence-corrected chi connectivity index (χ3v) is 14.0. The molecule has 2 fully saturated rings. The minimum absolute atomic E-state index is 0.0833. The van der Waals surface area contributed by atoms with Crippen molar-refractivity contribution in [3.63, 3.8) is 0 Å². The number of methoxy groups -OCH3 is 2. The molecule has 0 aromatic heterocycles. The number of aliphatic carboxylic acids is 1. The largest absolute Gasteiger partial charge is 0.509 e. The summed E-state index contributed by atoms with van der Waals surface area (Å²) >= 11 is 0. The van der Waals surface area contributed by atoms with Crippen LogP contribution >= 0.6 is 0 Å². The van der Waals surface area contributed by atoms with Crippen LogP contribution in [0.3, 0.4) is 0 Å². The number of nitrogens with one attached hydrogen (secondary N) is 2. The zero-order chi connectivity index (χ0) is 53.6. The van der Waals surface area contributed by atoms with Gasteiger partial charge in [-0.2, -0.15) is 0 Å². The molecule has 4 amide bonds. The summed E-state index contributed by atoms with van der Waals surface area (Å²) in [4.78, 5) is 73.8. The van der Waals surface area contributed by atoms with Gasteiger partial charge in [0.2, 0.25) is 29.9 Å². The summed E-state index contributed by atoms with van der Waals surface area (Å²) in [5, 5.41) is 78.0. The molecule has 0 spiro atoms. The molecule has 0 saturated carbocycles. The Morgan fingerprint density at radius 1 is 0.901 bits per heavy atom. The average Bonchev–Trinajstić information content (AvgIpc) is 3.81. The summed E-state index contributed by atoms with van der Waals surface area (Å²) < 4.78 is 22.6. The third kappa shape index (κ3) is 15.8. The number of allylic oxidation sites excluding steroid dienone is 1. The Bertz CT molecular complexity index is 1900. The highest BCUT2D eigenvalue weighted by Gasteiger charge is 2.47. The summed E-state index contributed by atoms with van der Waals surface area (Å²) in [5.74, 6) is -5.29. The molecule has 9 N–H and O–H groups in total. The molecule has 404 valence electrons. The summed E-state index contributed by atoms with van der Waals surface area (Å²) in [6.45, 7) is 13.1. The normalized spacial score (nSPS) is 22.9. The molecule has 0 aliphatic carbocycles. The molecule has 0 radical (unpaired) electrons. The van der Waals surface area contributed by atoms with Gasteiger partial charge in [0.15, 0.2) is 11.9 Å². The van der Waals surface area contributed by atoms with E-state index in [9.17, 15) is 59.7 Å². The Labute approximate surface area is 418 Å². The maximum absolute atomic E-state index is 14.7. The number of rotatable bonds is 29. The second-order valence-electron chi connectivity index (χ2n) is 19.8. The fourth-order valence-electron chi connectivity index (χ4n) is 9.75. The van der Waals surface area contributed by atoms with Gasteiger partial charge in [-0.25, -0.2) is 4.79 Å². The molecule has 21 nitrogen and oxygen atoms in total. The fourth-order valence-corrected chi connectivity index (χ4v) is 9.75. The summed E-state index contributed by atoms with van der Waals surface area (Å²) in [5.41, 5.74) is 0.746. The van der Waals surface area contributed by atoms with Crippen molar-refractivity contribution in [2.75, 3.05) is 48.0 Å². The molecule has 71 heavy (non-hydrogen) atoms. The van der Waals surface area contributed by atoms with Crippen molar-refractivity contribution >= 4 is 29.6 Å². The topological polar surface area (TPSA) is 298 Å². The third-order valence-electron chi connectivity index (χ3n) is 14.0. The van der Waals surface area contributed by atoms with Crippen LogP contribution in [0.25, 0.3) is 0 Å². The number of carbonyl (C=O) groups excluding carboxylic acids is 4. The molecule has 2 aliphatic rings. The van der Waals surface area contributed by atoms with Gasteiger partial charge in [-0.15, -0.1) is 0 Å². The number of benzene rings is 1. The van der Waals surface area contributed by atoms with Crippen molar-refractivity contribution in [1.29, 1.82) is 0 Å². The quantitative estimate of drug-likeness (QED) is 0.0501. The Hall–Kier alpha value is -4.45. The lowest BCUT2D eigenvalue weighted by Crippen LogP contribution is -2.61. The first-order valence-electron chi connectivity index (χ1n) is 24.6. The molecule has 15 atom stereocenters. The smallest absolute Gasteiger partial charge is 0.326 e. The highest BCUT2D eigenvalue weighted by Crippen LogP contribution is 2.32. The van der Waals surface area contributed by atoms with Crippen molar-refractivity contribution in [3.8, 4) is 0 Å². The van der Waals surface area contributed by atoms with Gasteiger partial charge in [0.05, 0.1) is 55.4 Å². The van der Waals surface area contributed by atoms with Crippen LogP contribution < -0.4 is 10.6 Å². The van der Waals surface area contributed by atoms with E-state index < -0.39 is 127 Å². The van der Waals surface area contributed by atoms with E-state index >= 15 is 0 Å². The number of amides is 4. The van der Waals surface area contributed by atoms with Gasteiger partial charge in [0.25, 0.3) is 0 Å². The van der Waals surface area contributed by atoms with E-state index in [1.807, 2.05) is 19.9 Å². The molecule has 15 unspecified atom stereocenters. The predicted octanol–water partition coefficient (Wildman–Crippen LogP) is 0.783. The molecule has 1 aromatic rings. The van der Waals surface area contributed by atoms with Gasteiger partial charge in [-0.3, -0.25) is 24.1 Å². The number of aliphatic hydroxyl groups is 6. The number of aliphatic hydroxyl groups excluding tert-OH is 6. The number of ether oxygens (including phenoxy) is 4. The Balaban J connectivity index is 1.77. The van der Waals surface area contributed by atoms with Crippen LogP contribution in [0, 0.1) is 23.7 Å². The molecule has 1 aromatic carbocycles. The number of carboxylic acid groups (broad SMARTS) is 1. The van der Waals surface area contributed by atoms with Gasteiger partial charge in [-0.1, -0.05) is 85.2 Å². The van der Waals surface area contributed by atoms with Crippen molar-refractivity contribution in [1.82, 2.24) is 25.3 Å². The maximum Gasteiger partial charge on any atom is 0.326 e. The highest BCUT2D eigenvalue weighted by atomic mass is 16.7. The van der Waals surface area contributed by atoms with E-state index in [0.29, 0.717) is 25.8 Å². The average molecular weight is 1010 g/mol. The standard InChI is InChI=1S/C50H83N5O16/c1-13-28(6)40(36(68-11)23-37(60)55-21-17-20-33(55)43(69-12)29(7)46(63)51-32(49(66)67)22-31-18-15-14-16-19-31)54(10)48(65)38(26(2)3)52-47(64)39(27(4)5)53(9)24-34(58)41(61)45(35(59)25-56)71-50-42(62)44(70-50)30(8)57/h14-16,18-19,26-29,32-36,38-43,45,50,56-59,61-62H,13,17,20-25H2,1-12H3,(H,51,63)(H,52,64)(H,66,67)/b44-30+. The second-order valence-corrected chi connectivity index (χ2v) is 19.8. The minimum Gasteiger partial charge on any atom is -0.509 e. The van der Waals surface area contributed by atoms with E-state index in [2.05, 4.69) is 10.6 Å². The number of likely N-dealkylation sites (tertiary alicyclic amines) is 1. The number of hydrogen-bond donors (Lipinski definition) is 9. The molecule has 2 aliphatic heterocycles. The number of carbonyl (C=O) groups is 5. The molecular weight excluding hydrogens is 927 g/mol. The zero-order valence-electron chi connectivity index (χ0n) is 43.5. The molecular formula is C50H83N5O16. The van der Waals surface area contributed by atoms with Crippen molar-refractivity contribution in [3.05, 3.63) is 47.4 Å². The van der Waals surface area contributed by atoms with Crippen molar-refractivity contribution < 1.29 is 78.7 Å².